The minimum atomic E-state index is 0.0834. The molecular weight excluding hydrogens is 348 g/mol. The topological polar surface area (TPSA) is 32.8 Å². The molecule has 0 spiro atoms. The lowest BCUT2D eigenvalue weighted by molar-refractivity contribution is 0.101. The molecule has 1 aliphatic rings. The number of halogens is 1. The molecule has 1 heterocycles. The summed E-state index contributed by atoms with van der Waals surface area (Å²) in [6.07, 6.45) is 0. The van der Waals surface area contributed by atoms with Crippen molar-refractivity contribution in [2.75, 3.05) is 37.7 Å². The van der Waals surface area contributed by atoms with Crippen LogP contribution in [0.2, 0.25) is 5.02 Å². The summed E-state index contributed by atoms with van der Waals surface area (Å²) in [4.78, 5) is 16.5. The fourth-order valence-electron chi connectivity index (χ4n) is 3.30. The number of carbonyl (C=O) groups is 1. The van der Waals surface area contributed by atoms with Crippen LogP contribution in [0.3, 0.4) is 0 Å². The highest BCUT2D eigenvalue weighted by atomic mass is 35.5. The van der Waals surface area contributed by atoms with Gasteiger partial charge in [-0.1, -0.05) is 17.7 Å². The lowest BCUT2D eigenvalue weighted by Crippen LogP contribution is -2.46. The van der Waals surface area contributed by atoms with Crippen LogP contribution in [-0.4, -0.2) is 43.5 Å². The molecule has 0 unspecified atom stereocenters. The summed E-state index contributed by atoms with van der Waals surface area (Å²) in [5, 5.41) is 0.771. The third-order valence-corrected chi connectivity index (χ3v) is 4.94. The van der Waals surface area contributed by atoms with Gasteiger partial charge < -0.3 is 9.64 Å². The second-order valence-electron chi connectivity index (χ2n) is 6.55. The molecule has 0 bridgehead atoms. The first-order valence-corrected chi connectivity index (χ1v) is 9.44. The van der Waals surface area contributed by atoms with E-state index < -0.39 is 0 Å². The summed E-state index contributed by atoms with van der Waals surface area (Å²) in [7, 11) is 0. The Balaban J connectivity index is 1.67. The molecule has 1 fully saturated rings. The SMILES string of the molecule is CCOc1ccc(C(C)=O)cc1CN1CCN(c2cccc(Cl)c2)CC1. The summed E-state index contributed by atoms with van der Waals surface area (Å²) < 4.78 is 5.75. The molecule has 1 aliphatic heterocycles. The average molecular weight is 373 g/mol. The molecule has 4 nitrogen and oxygen atoms in total. The van der Waals surface area contributed by atoms with Crippen molar-refractivity contribution in [2.45, 2.75) is 20.4 Å². The van der Waals surface area contributed by atoms with Crippen LogP contribution in [0, 0.1) is 0 Å². The average Bonchev–Trinajstić information content (AvgIpc) is 2.64. The number of nitrogens with zero attached hydrogens (tertiary/aromatic N) is 2. The lowest BCUT2D eigenvalue weighted by atomic mass is 10.1. The van der Waals surface area contributed by atoms with E-state index in [9.17, 15) is 4.79 Å². The smallest absolute Gasteiger partial charge is 0.159 e. The van der Waals surface area contributed by atoms with Crippen molar-refractivity contribution < 1.29 is 9.53 Å². The number of hydrogen-bond donors (Lipinski definition) is 0. The van der Waals surface area contributed by atoms with E-state index in [-0.39, 0.29) is 5.78 Å². The van der Waals surface area contributed by atoms with Gasteiger partial charge in [0, 0.05) is 54.6 Å². The molecule has 0 saturated carbocycles. The quantitative estimate of drug-likeness (QED) is 0.709. The van der Waals surface area contributed by atoms with Gasteiger partial charge in [0.05, 0.1) is 6.61 Å². The van der Waals surface area contributed by atoms with Crippen LogP contribution in [0.5, 0.6) is 5.75 Å². The van der Waals surface area contributed by atoms with Gasteiger partial charge in [-0.25, -0.2) is 0 Å². The summed E-state index contributed by atoms with van der Waals surface area (Å²) in [5.41, 5.74) is 2.99. The molecule has 138 valence electrons. The number of carbonyl (C=O) groups excluding carboxylic acids is 1. The molecule has 0 radical (unpaired) electrons. The van der Waals surface area contributed by atoms with Gasteiger partial charge in [-0.3, -0.25) is 9.69 Å². The Morgan fingerprint density at radius 1 is 1.12 bits per heavy atom. The van der Waals surface area contributed by atoms with Crippen LogP contribution in [0.1, 0.15) is 29.8 Å². The van der Waals surface area contributed by atoms with E-state index in [1.165, 1.54) is 5.69 Å². The summed E-state index contributed by atoms with van der Waals surface area (Å²) in [6.45, 7) is 8.82. The van der Waals surface area contributed by atoms with E-state index in [0.717, 1.165) is 54.6 Å². The Morgan fingerprint density at radius 3 is 2.54 bits per heavy atom. The number of anilines is 1. The van der Waals surface area contributed by atoms with Crippen LogP contribution in [-0.2, 0) is 6.54 Å². The van der Waals surface area contributed by atoms with Crippen LogP contribution >= 0.6 is 11.6 Å². The number of hydrogen-bond acceptors (Lipinski definition) is 4. The van der Waals surface area contributed by atoms with Crippen LogP contribution in [0.25, 0.3) is 0 Å². The van der Waals surface area contributed by atoms with Crippen molar-refractivity contribution in [2.24, 2.45) is 0 Å². The van der Waals surface area contributed by atoms with Crippen molar-refractivity contribution >= 4 is 23.1 Å². The highest BCUT2D eigenvalue weighted by molar-refractivity contribution is 6.30. The first-order chi connectivity index (χ1) is 12.6. The fraction of sp³-hybridized carbons (Fsp3) is 0.381. The summed E-state index contributed by atoms with van der Waals surface area (Å²) in [6, 6.07) is 13.7. The zero-order chi connectivity index (χ0) is 18.5. The third-order valence-electron chi connectivity index (χ3n) is 4.71. The molecular formula is C21H25ClN2O2. The maximum Gasteiger partial charge on any atom is 0.159 e. The molecule has 26 heavy (non-hydrogen) atoms. The molecule has 2 aromatic rings. The number of piperazine rings is 1. The van der Waals surface area contributed by atoms with Gasteiger partial charge in [-0.15, -0.1) is 0 Å². The zero-order valence-corrected chi connectivity index (χ0v) is 16.1. The predicted molar refractivity (Wildman–Crippen MR) is 107 cm³/mol. The molecule has 3 rings (SSSR count). The van der Waals surface area contributed by atoms with E-state index >= 15 is 0 Å². The molecule has 5 heteroatoms. The molecule has 0 aromatic heterocycles. The first kappa shape index (κ1) is 18.7. The number of ether oxygens (including phenoxy) is 1. The monoisotopic (exact) mass is 372 g/mol. The van der Waals surface area contributed by atoms with Crippen molar-refractivity contribution in [1.82, 2.24) is 4.90 Å². The van der Waals surface area contributed by atoms with E-state index in [1.807, 2.05) is 43.3 Å². The Bertz CT molecular complexity index is 770. The Labute approximate surface area is 160 Å². The van der Waals surface area contributed by atoms with Gasteiger partial charge in [0.2, 0.25) is 0 Å². The van der Waals surface area contributed by atoms with Crippen molar-refractivity contribution in [3.8, 4) is 5.75 Å². The van der Waals surface area contributed by atoms with Crippen LogP contribution in [0.4, 0.5) is 5.69 Å². The van der Waals surface area contributed by atoms with Crippen LogP contribution < -0.4 is 9.64 Å². The molecule has 2 aromatic carbocycles. The van der Waals surface area contributed by atoms with Gasteiger partial charge in [0.15, 0.2) is 5.78 Å². The van der Waals surface area contributed by atoms with Gasteiger partial charge >= 0.3 is 0 Å². The van der Waals surface area contributed by atoms with E-state index in [1.54, 1.807) is 6.92 Å². The molecule has 0 N–H and O–H groups in total. The lowest BCUT2D eigenvalue weighted by Gasteiger charge is -2.36. The number of benzene rings is 2. The summed E-state index contributed by atoms with van der Waals surface area (Å²) >= 11 is 6.11. The second-order valence-corrected chi connectivity index (χ2v) is 6.99. The van der Waals surface area contributed by atoms with E-state index in [0.29, 0.717) is 6.61 Å². The standard InChI is InChI=1S/C21H25ClN2O2/c1-3-26-21-8-7-17(16(2)25)13-18(21)15-23-9-11-24(12-10-23)20-6-4-5-19(22)14-20/h4-8,13-14H,3,9-12,15H2,1-2H3. The molecule has 0 aliphatic carbocycles. The number of Topliss-reactive ketones (excluding diaryl/α,β-unsaturated/α-hetero) is 1. The highest BCUT2D eigenvalue weighted by Crippen LogP contribution is 2.25. The van der Waals surface area contributed by atoms with Crippen molar-refractivity contribution in [3.63, 3.8) is 0 Å². The Kier molecular flexibility index (Phi) is 6.17. The minimum absolute atomic E-state index is 0.0834. The third kappa shape index (κ3) is 4.57. The van der Waals surface area contributed by atoms with Crippen LogP contribution in [0.15, 0.2) is 42.5 Å². The van der Waals surface area contributed by atoms with E-state index in [2.05, 4.69) is 15.9 Å². The molecule has 0 atom stereocenters. The highest BCUT2D eigenvalue weighted by Gasteiger charge is 2.19. The molecule has 1 saturated heterocycles. The number of ketones is 1. The number of rotatable bonds is 6. The van der Waals surface area contributed by atoms with Crippen molar-refractivity contribution in [1.29, 1.82) is 0 Å². The van der Waals surface area contributed by atoms with Crippen molar-refractivity contribution in [3.05, 3.63) is 58.6 Å². The fourth-order valence-corrected chi connectivity index (χ4v) is 3.48. The second kappa shape index (κ2) is 8.56. The first-order valence-electron chi connectivity index (χ1n) is 9.06. The van der Waals surface area contributed by atoms with Gasteiger partial charge in [-0.05, 0) is 50.2 Å². The Morgan fingerprint density at radius 2 is 1.88 bits per heavy atom. The Hall–Kier alpha value is -2.04. The minimum Gasteiger partial charge on any atom is -0.494 e. The van der Waals surface area contributed by atoms with Gasteiger partial charge in [-0.2, -0.15) is 0 Å². The zero-order valence-electron chi connectivity index (χ0n) is 15.4. The van der Waals surface area contributed by atoms with Gasteiger partial charge in [0.25, 0.3) is 0 Å². The molecule has 0 amide bonds. The maximum atomic E-state index is 11.7. The maximum absolute atomic E-state index is 11.7. The predicted octanol–water partition coefficient (Wildman–Crippen LogP) is 4.26. The summed E-state index contributed by atoms with van der Waals surface area (Å²) in [5.74, 6) is 0.954. The normalized spacial score (nSPS) is 15.1. The largest absolute Gasteiger partial charge is 0.494 e. The van der Waals surface area contributed by atoms with Gasteiger partial charge in [0.1, 0.15) is 5.75 Å². The van der Waals surface area contributed by atoms with E-state index in [4.69, 9.17) is 16.3 Å².